The number of carbonyl (C=O) groups is 1. The van der Waals surface area contributed by atoms with Crippen LogP contribution in [-0.2, 0) is 14.8 Å². The first-order chi connectivity index (χ1) is 14.6. The molecule has 0 aromatic heterocycles. The van der Waals surface area contributed by atoms with E-state index in [0.717, 1.165) is 34.7 Å². The Kier molecular flexibility index (Phi) is 6.86. The van der Waals surface area contributed by atoms with Gasteiger partial charge in [-0.15, -0.1) is 0 Å². The number of aryl methyl sites for hydroxylation is 1. The Hall–Kier alpha value is -2.25. The van der Waals surface area contributed by atoms with Crippen molar-refractivity contribution in [3.8, 4) is 5.75 Å². The highest BCUT2D eigenvalue weighted by Crippen LogP contribution is 2.42. The lowest BCUT2D eigenvalue weighted by molar-refractivity contribution is -0.121. The maximum atomic E-state index is 13.0. The largest absolute Gasteiger partial charge is 0.487 e. The molecule has 1 N–H and O–H groups in total. The first kappa shape index (κ1) is 23.4. The second-order valence-corrected chi connectivity index (χ2v) is 10.4. The highest BCUT2D eigenvalue weighted by Gasteiger charge is 2.39. The van der Waals surface area contributed by atoms with Crippen LogP contribution in [-0.4, -0.2) is 32.7 Å². The van der Waals surface area contributed by atoms with Crippen LogP contribution in [0, 0.1) is 6.92 Å². The fraction of sp³-hybridized carbons (Fsp3) is 0.435. The molecule has 31 heavy (non-hydrogen) atoms. The number of rotatable bonds is 7. The van der Waals surface area contributed by atoms with Crippen molar-refractivity contribution in [2.75, 3.05) is 17.1 Å². The van der Waals surface area contributed by atoms with Crippen LogP contribution in [0.5, 0.6) is 5.75 Å². The predicted octanol–water partition coefficient (Wildman–Crippen LogP) is 4.61. The number of sulfonamides is 1. The summed E-state index contributed by atoms with van der Waals surface area (Å²) in [7, 11) is -3.68. The number of ether oxygens (including phenoxy) is 1. The molecule has 1 aliphatic heterocycles. The fourth-order valence-electron chi connectivity index (χ4n) is 4.08. The van der Waals surface area contributed by atoms with E-state index >= 15 is 0 Å². The summed E-state index contributed by atoms with van der Waals surface area (Å²) in [5, 5.41) is 3.56. The van der Waals surface area contributed by atoms with Gasteiger partial charge >= 0.3 is 0 Å². The Balaban J connectivity index is 1.87. The first-order valence-electron chi connectivity index (χ1n) is 10.4. The van der Waals surface area contributed by atoms with Crippen molar-refractivity contribution in [1.29, 1.82) is 0 Å². The molecule has 1 atom stereocenters. The predicted molar refractivity (Wildman–Crippen MR) is 124 cm³/mol. The lowest BCUT2D eigenvalue weighted by atomic mass is 9.83. The number of fused-ring (bicyclic) bond motifs is 1. The average Bonchev–Trinajstić information content (AvgIpc) is 2.71. The van der Waals surface area contributed by atoms with Crippen molar-refractivity contribution in [2.24, 2.45) is 0 Å². The van der Waals surface area contributed by atoms with E-state index in [9.17, 15) is 13.2 Å². The van der Waals surface area contributed by atoms with Gasteiger partial charge in [0, 0.05) is 17.0 Å². The standard InChI is InChI=1S/C23H29ClN2O4S/c1-5-23(6-2)14-19(18-9-7-8-10-21(18)30-23)25-22(27)15-26(31(4,28)29)20-12-11-17(24)13-16(20)3/h7-13,19H,5-6,14-15H2,1-4H3,(H,25,27)/t19-/m1/s1. The molecule has 0 unspecified atom stereocenters. The van der Waals surface area contributed by atoms with Gasteiger partial charge in [0.25, 0.3) is 0 Å². The zero-order valence-corrected chi connectivity index (χ0v) is 19.9. The molecular weight excluding hydrogens is 436 g/mol. The van der Waals surface area contributed by atoms with Gasteiger partial charge in [-0.25, -0.2) is 8.42 Å². The van der Waals surface area contributed by atoms with Crippen molar-refractivity contribution in [3.63, 3.8) is 0 Å². The molecule has 2 aromatic carbocycles. The lowest BCUT2D eigenvalue weighted by Gasteiger charge is -2.41. The third-order valence-electron chi connectivity index (χ3n) is 5.94. The van der Waals surface area contributed by atoms with Crippen LogP contribution in [0.15, 0.2) is 42.5 Å². The second kappa shape index (κ2) is 9.09. The minimum atomic E-state index is -3.68. The van der Waals surface area contributed by atoms with Crippen molar-refractivity contribution in [3.05, 3.63) is 58.6 Å². The van der Waals surface area contributed by atoms with E-state index in [2.05, 4.69) is 19.2 Å². The molecule has 1 amide bonds. The molecule has 0 radical (unpaired) electrons. The number of carbonyl (C=O) groups excluding carboxylic acids is 1. The summed E-state index contributed by atoms with van der Waals surface area (Å²) in [5.74, 6) is 0.388. The van der Waals surface area contributed by atoms with Gasteiger partial charge in [-0.05, 0) is 49.6 Å². The number of amides is 1. The molecule has 168 valence electrons. The molecule has 1 aliphatic rings. The van der Waals surface area contributed by atoms with Gasteiger partial charge in [0.15, 0.2) is 0 Å². The third kappa shape index (κ3) is 5.15. The van der Waals surface area contributed by atoms with Crippen molar-refractivity contribution >= 4 is 33.2 Å². The number of nitrogens with zero attached hydrogens (tertiary/aromatic N) is 1. The highest BCUT2D eigenvalue weighted by atomic mass is 35.5. The molecule has 0 fully saturated rings. The van der Waals surface area contributed by atoms with Crippen molar-refractivity contribution < 1.29 is 17.9 Å². The van der Waals surface area contributed by atoms with Crippen molar-refractivity contribution in [2.45, 2.75) is 51.7 Å². The number of benzene rings is 2. The first-order valence-corrected chi connectivity index (χ1v) is 12.6. The van der Waals surface area contributed by atoms with E-state index in [4.69, 9.17) is 16.3 Å². The molecule has 3 rings (SSSR count). The van der Waals surface area contributed by atoms with Gasteiger partial charge in [0.05, 0.1) is 18.0 Å². The maximum absolute atomic E-state index is 13.0. The number of halogens is 1. The summed E-state index contributed by atoms with van der Waals surface area (Å²) in [6.07, 6.45) is 3.34. The van der Waals surface area contributed by atoms with E-state index in [0.29, 0.717) is 22.7 Å². The smallest absolute Gasteiger partial charge is 0.241 e. The molecule has 0 saturated heterocycles. The van der Waals surface area contributed by atoms with Gasteiger partial charge in [-0.2, -0.15) is 0 Å². The SMILES string of the molecule is CCC1(CC)C[C@@H](NC(=O)CN(c2ccc(Cl)cc2C)S(C)(=O)=O)c2ccccc2O1. The number of para-hydroxylation sites is 1. The molecule has 8 heteroatoms. The topological polar surface area (TPSA) is 75.7 Å². The van der Waals surface area contributed by atoms with Gasteiger partial charge in [0.1, 0.15) is 17.9 Å². The van der Waals surface area contributed by atoms with Gasteiger partial charge < -0.3 is 10.1 Å². The average molecular weight is 465 g/mol. The summed E-state index contributed by atoms with van der Waals surface area (Å²) in [5.41, 5.74) is 1.65. The van der Waals surface area contributed by atoms with E-state index in [1.54, 1.807) is 25.1 Å². The zero-order valence-electron chi connectivity index (χ0n) is 18.3. The highest BCUT2D eigenvalue weighted by molar-refractivity contribution is 7.92. The summed E-state index contributed by atoms with van der Waals surface area (Å²) >= 11 is 6.01. The Morgan fingerprint density at radius 2 is 1.90 bits per heavy atom. The Labute approximate surface area is 189 Å². The third-order valence-corrected chi connectivity index (χ3v) is 7.30. The van der Waals surface area contributed by atoms with Crippen LogP contribution in [0.4, 0.5) is 5.69 Å². The minimum Gasteiger partial charge on any atom is -0.487 e. The monoisotopic (exact) mass is 464 g/mol. The van der Waals surface area contributed by atoms with Crippen LogP contribution in [0.1, 0.15) is 50.3 Å². The van der Waals surface area contributed by atoms with Crippen molar-refractivity contribution in [1.82, 2.24) is 5.32 Å². The summed E-state index contributed by atoms with van der Waals surface area (Å²) in [6, 6.07) is 12.3. The van der Waals surface area contributed by atoms with Crippen LogP contribution < -0.4 is 14.4 Å². The fourth-order valence-corrected chi connectivity index (χ4v) is 5.22. The summed E-state index contributed by atoms with van der Waals surface area (Å²) < 4.78 is 32.4. The van der Waals surface area contributed by atoms with E-state index in [1.807, 2.05) is 24.3 Å². The molecule has 0 bridgehead atoms. The number of hydrogen-bond donors (Lipinski definition) is 1. The molecule has 0 spiro atoms. The second-order valence-electron chi connectivity index (χ2n) is 8.05. The van der Waals surface area contributed by atoms with E-state index < -0.39 is 10.0 Å². The lowest BCUT2D eigenvalue weighted by Crippen LogP contribution is -2.47. The Bertz CT molecular complexity index is 1070. The zero-order chi connectivity index (χ0) is 22.8. The molecule has 6 nitrogen and oxygen atoms in total. The van der Waals surface area contributed by atoms with Crippen LogP contribution in [0.2, 0.25) is 5.02 Å². The molecular formula is C23H29ClN2O4S. The molecule has 0 aliphatic carbocycles. The van der Waals surface area contributed by atoms with Crippen LogP contribution >= 0.6 is 11.6 Å². The molecule has 1 heterocycles. The quantitative estimate of drug-likeness (QED) is 0.649. The van der Waals surface area contributed by atoms with E-state index in [1.165, 1.54) is 0 Å². The maximum Gasteiger partial charge on any atom is 0.241 e. The summed E-state index contributed by atoms with van der Waals surface area (Å²) in [6.45, 7) is 5.60. The van der Waals surface area contributed by atoms with Gasteiger partial charge in [-0.3, -0.25) is 9.10 Å². The molecule has 0 saturated carbocycles. The minimum absolute atomic E-state index is 0.259. The molecule has 2 aromatic rings. The van der Waals surface area contributed by atoms with E-state index in [-0.39, 0.29) is 24.1 Å². The van der Waals surface area contributed by atoms with Crippen LogP contribution in [0.25, 0.3) is 0 Å². The number of nitrogens with one attached hydrogen (secondary N) is 1. The number of hydrogen-bond acceptors (Lipinski definition) is 4. The van der Waals surface area contributed by atoms with Gasteiger partial charge in [0.2, 0.25) is 15.9 Å². The normalized spacial score (nSPS) is 17.4. The van der Waals surface area contributed by atoms with Crippen LogP contribution in [0.3, 0.4) is 0 Å². The van der Waals surface area contributed by atoms with Gasteiger partial charge in [-0.1, -0.05) is 43.6 Å². The Morgan fingerprint density at radius 3 is 2.52 bits per heavy atom. The number of anilines is 1. The Morgan fingerprint density at radius 1 is 1.23 bits per heavy atom. The summed E-state index contributed by atoms with van der Waals surface area (Å²) in [4.78, 5) is 13.0.